The highest BCUT2D eigenvalue weighted by Crippen LogP contribution is 2.47. The first-order chi connectivity index (χ1) is 71.8. The van der Waals surface area contributed by atoms with Gasteiger partial charge in [-0.15, -0.1) is 11.3 Å². The summed E-state index contributed by atoms with van der Waals surface area (Å²) >= 11 is 1.79. The van der Waals surface area contributed by atoms with Gasteiger partial charge < -0.3 is 0 Å². The van der Waals surface area contributed by atoms with Crippen LogP contribution < -0.4 is 0 Å². The second kappa shape index (κ2) is 36.2. The molecule has 29 rings (SSSR count). The second-order valence-corrected chi connectivity index (χ2v) is 37.6. The molecule has 11 nitrogen and oxygen atoms in total. The molecule has 6 heterocycles. The first kappa shape index (κ1) is 85.0. The van der Waals surface area contributed by atoms with Gasteiger partial charge in [0.25, 0.3) is 0 Å². The summed E-state index contributed by atoms with van der Waals surface area (Å²) in [6.07, 6.45) is 3.64. The minimum Gasteiger partial charge on any atom is -0.255 e. The Kier molecular flexibility index (Phi) is 21.2. The lowest BCUT2D eigenvalue weighted by molar-refractivity contribution is 1.06. The number of pyridine rings is 2. The third kappa shape index (κ3) is 15.6. The van der Waals surface area contributed by atoms with Gasteiger partial charge in [-0.2, -0.15) is 0 Å². The topological polar surface area (TPSA) is 142 Å². The Morgan fingerprint density at radius 1 is 0.145 bits per heavy atom. The Hall–Kier alpha value is -19.3. The van der Waals surface area contributed by atoms with E-state index in [-0.39, 0.29) is 0 Å². The fourth-order valence-corrected chi connectivity index (χ4v) is 22.2. The van der Waals surface area contributed by atoms with Gasteiger partial charge in [0.2, 0.25) is 0 Å². The van der Waals surface area contributed by atoms with E-state index in [1.54, 1.807) is 17.5 Å². The van der Waals surface area contributed by atoms with Crippen LogP contribution in [0.3, 0.4) is 0 Å². The van der Waals surface area contributed by atoms with Crippen LogP contribution in [-0.4, -0.2) is 54.8 Å². The van der Waals surface area contributed by atoms with Gasteiger partial charge in [0.15, 0.2) is 52.4 Å². The van der Waals surface area contributed by atoms with Crippen LogP contribution in [0.15, 0.2) is 492 Å². The zero-order valence-corrected chi connectivity index (χ0v) is 78.9. The van der Waals surface area contributed by atoms with E-state index in [9.17, 15) is 0 Å². The number of fused-ring (bicyclic) bond motifs is 24. The lowest BCUT2D eigenvalue weighted by Gasteiger charge is -2.14. The Balaban J connectivity index is 0.000000108. The van der Waals surface area contributed by atoms with E-state index < -0.39 is 0 Å². The Morgan fingerprint density at radius 2 is 0.510 bits per heavy atom. The summed E-state index contributed by atoms with van der Waals surface area (Å²) in [5.74, 6) is 5.62. The van der Waals surface area contributed by atoms with Gasteiger partial charge in [-0.3, -0.25) is 9.97 Å². The average molecular weight is 1870 g/mol. The van der Waals surface area contributed by atoms with Crippen molar-refractivity contribution in [2.45, 2.75) is 0 Å². The minimum absolute atomic E-state index is 0.549. The van der Waals surface area contributed by atoms with E-state index >= 15 is 0 Å². The van der Waals surface area contributed by atoms with E-state index in [1.165, 1.54) is 155 Å². The molecule has 0 aliphatic rings. The van der Waals surface area contributed by atoms with Crippen molar-refractivity contribution in [2.75, 3.05) is 0 Å². The van der Waals surface area contributed by atoms with Crippen LogP contribution in [0, 0.1) is 0 Å². The predicted octanol–water partition coefficient (Wildman–Crippen LogP) is 34.6. The molecule has 0 saturated carbocycles. The molecule has 0 fully saturated rings. The lowest BCUT2D eigenvalue weighted by Crippen LogP contribution is -2.01. The smallest absolute Gasteiger partial charge is 0.182 e. The van der Waals surface area contributed by atoms with Gasteiger partial charge >= 0.3 is 0 Å². The third-order valence-electron chi connectivity index (χ3n) is 28.0. The van der Waals surface area contributed by atoms with Crippen molar-refractivity contribution in [3.63, 3.8) is 0 Å². The van der Waals surface area contributed by atoms with Crippen LogP contribution >= 0.6 is 11.3 Å². The maximum Gasteiger partial charge on any atom is 0.182 e. The third-order valence-corrected chi connectivity index (χ3v) is 29.2. The Bertz CT molecular complexity index is 9840. The van der Waals surface area contributed by atoms with Crippen LogP contribution in [-0.2, 0) is 0 Å². The van der Waals surface area contributed by atoms with Gasteiger partial charge in [0.1, 0.15) is 5.69 Å². The van der Waals surface area contributed by atoms with Gasteiger partial charge in [-0.1, -0.05) is 425 Å². The predicted molar refractivity (Wildman–Crippen MR) is 603 cm³/mol. The molecule has 0 atom stereocenters. The van der Waals surface area contributed by atoms with Crippen LogP contribution in [0.2, 0.25) is 0 Å². The van der Waals surface area contributed by atoms with Crippen molar-refractivity contribution in [3.8, 4) is 136 Å². The van der Waals surface area contributed by atoms with Crippen LogP contribution in [0.25, 0.3) is 286 Å². The van der Waals surface area contributed by atoms with Crippen molar-refractivity contribution < 1.29 is 0 Å². The van der Waals surface area contributed by atoms with E-state index in [0.29, 0.717) is 58.1 Å². The molecule has 12 heteroatoms. The van der Waals surface area contributed by atoms with Crippen LogP contribution in [0.1, 0.15) is 0 Å². The summed E-state index contributed by atoms with van der Waals surface area (Å²) in [5, 5.41) is 32.5. The summed E-state index contributed by atoms with van der Waals surface area (Å²) < 4.78 is 2.44. The summed E-state index contributed by atoms with van der Waals surface area (Å²) in [7, 11) is 0. The normalized spacial score (nSPS) is 11.6. The first-order valence-electron chi connectivity index (χ1n) is 48.6. The van der Waals surface area contributed by atoms with E-state index in [1.807, 2.05) is 134 Å². The summed E-state index contributed by atoms with van der Waals surface area (Å²) in [4.78, 5) is 54.1. The highest BCUT2D eigenvalue weighted by Gasteiger charge is 2.24. The van der Waals surface area contributed by atoms with E-state index in [2.05, 4.69) is 357 Å². The Morgan fingerprint density at radius 3 is 1.09 bits per heavy atom. The molecule has 0 saturated heterocycles. The van der Waals surface area contributed by atoms with Gasteiger partial charge in [0, 0.05) is 82.6 Å². The standard InChI is InChI=1S/C49H29N3S.2C42H26N4/c1-2-11-33(12-3-1)47-50-48(52-49(51-47)42-18-9-17-41-39-16-6-7-19-44(39)53-46(41)42)36-14-8-13-34(28-36)35-23-21-31-20-22-32-25-26-38-37-15-5-4-10-30(37)24-27-40(38)45(32)43(31)29-35;1-3-12-28(13-4-1)40-44-41(29-14-5-2-6-15-29)46-42(45-40)31-20-24-38(43-26-31)37-25-30-16-8-10-18-33(30)39-35-21-19-27-11-7-9-17-32(27)34(35)22-23-36(37)39;1-2-10-31(11-3-1)40-44-41(46-42(45-40)37-15-6-7-26-43-37)32-20-16-28(17-21-32)34-14-8-12-29-18-19-30-23-24-35-33-13-5-4-9-27(33)22-25-36(35)39(30)38(29)34/h1-29H;2*1-26H. The molecule has 674 valence electrons. The number of benzene rings is 23. The minimum atomic E-state index is 0.549. The summed E-state index contributed by atoms with van der Waals surface area (Å²) in [6, 6.07) is 169. The molecule has 23 aromatic carbocycles. The van der Waals surface area contributed by atoms with Gasteiger partial charge in [0.05, 0.1) is 5.69 Å². The number of rotatable bonds is 12. The molecule has 0 radical (unpaired) electrons. The quantitative estimate of drug-likeness (QED) is 0.108. The molecule has 0 bridgehead atoms. The Labute approximate surface area is 837 Å². The number of thiophene rings is 1. The average Bonchev–Trinajstić information content (AvgIpc) is 1.28. The van der Waals surface area contributed by atoms with E-state index in [0.717, 1.165) is 72.5 Å². The zero-order chi connectivity index (χ0) is 95.8. The van der Waals surface area contributed by atoms with Crippen molar-refractivity contribution >= 4 is 161 Å². The van der Waals surface area contributed by atoms with Gasteiger partial charge in [-0.05, 0) is 206 Å². The maximum atomic E-state index is 5.19. The molecule has 29 aromatic rings. The highest BCUT2D eigenvalue weighted by molar-refractivity contribution is 7.26. The number of nitrogens with zero attached hydrogens (tertiary/aromatic N) is 11. The molecule has 0 N–H and O–H groups in total. The van der Waals surface area contributed by atoms with E-state index in [4.69, 9.17) is 49.8 Å². The number of aromatic nitrogens is 11. The highest BCUT2D eigenvalue weighted by atomic mass is 32.1. The molecule has 0 aliphatic heterocycles. The molecular formula is C133H81N11S. The molecule has 0 amide bonds. The van der Waals surface area contributed by atoms with Crippen LogP contribution in [0.4, 0.5) is 0 Å². The summed E-state index contributed by atoms with van der Waals surface area (Å²) in [6.45, 7) is 0. The van der Waals surface area contributed by atoms with Crippen molar-refractivity contribution in [1.82, 2.24) is 54.8 Å². The fourth-order valence-electron chi connectivity index (χ4n) is 21.0. The van der Waals surface area contributed by atoms with Gasteiger partial charge in [-0.25, -0.2) is 44.9 Å². The molecule has 6 aromatic heterocycles. The van der Waals surface area contributed by atoms with Crippen LogP contribution in [0.5, 0.6) is 0 Å². The largest absolute Gasteiger partial charge is 0.255 e. The molecule has 0 aliphatic carbocycles. The zero-order valence-electron chi connectivity index (χ0n) is 78.1. The maximum absolute atomic E-state index is 5.19. The number of hydrogen-bond acceptors (Lipinski definition) is 12. The van der Waals surface area contributed by atoms with Crippen molar-refractivity contribution in [3.05, 3.63) is 492 Å². The SMILES string of the molecule is c1ccc(-c2nc(-c3ccc(-c4cccc5ccc6ccc7c8ccccc8ccc7c6c45)cc3)nc(-c3ccccn3)n2)cc1.c1ccc(-c2nc(-c3cccc(-c4ccc5ccc6ccc7c8ccccc8ccc7c6c5c4)c3)nc(-c3cccc4c3sc3ccccc34)n2)cc1.c1ccc(-c2nc(-c3ccccc3)nc(-c3ccc(-c4cc5ccccc5c5c4ccc4c6ccccc6ccc45)nc3)n2)cc1. The second-order valence-electron chi connectivity index (χ2n) is 36.5. The molecule has 0 unspecified atom stereocenters. The first-order valence-corrected chi connectivity index (χ1v) is 49.5. The molecule has 0 spiro atoms. The fraction of sp³-hybridized carbons (Fsp3) is 0. The molecular weight excluding hydrogens is 1780 g/mol. The van der Waals surface area contributed by atoms with Crippen molar-refractivity contribution in [1.29, 1.82) is 0 Å². The van der Waals surface area contributed by atoms with Crippen molar-refractivity contribution in [2.24, 2.45) is 0 Å². The number of hydrogen-bond donors (Lipinski definition) is 0. The monoisotopic (exact) mass is 1860 g/mol. The lowest BCUT2D eigenvalue weighted by atomic mass is 9.89. The summed E-state index contributed by atoms with van der Waals surface area (Å²) in [5.41, 5.74) is 14.8. The molecule has 145 heavy (non-hydrogen) atoms.